The smallest absolute Gasteiger partial charge is 0.254 e. The molecule has 1 aliphatic rings. The van der Waals surface area contributed by atoms with Crippen molar-refractivity contribution in [2.75, 3.05) is 19.7 Å². The summed E-state index contributed by atoms with van der Waals surface area (Å²) in [5.74, 6) is 0.800. The Kier molecular flexibility index (Phi) is 5.38. The van der Waals surface area contributed by atoms with Crippen LogP contribution in [0.4, 0.5) is 0 Å². The number of rotatable bonds is 6. The molecule has 24 heavy (non-hydrogen) atoms. The van der Waals surface area contributed by atoms with Crippen molar-refractivity contribution in [2.24, 2.45) is 0 Å². The van der Waals surface area contributed by atoms with E-state index in [9.17, 15) is 4.79 Å². The van der Waals surface area contributed by atoms with Crippen molar-refractivity contribution in [3.05, 3.63) is 64.7 Å². The highest BCUT2D eigenvalue weighted by Crippen LogP contribution is 2.21. The van der Waals surface area contributed by atoms with E-state index in [0.29, 0.717) is 36.9 Å². The lowest BCUT2D eigenvalue weighted by atomic mass is 10.1. The Balaban J connectivity index is 1.47. The summed E-state index contributed by atoms with van der Waals surface area (Å²) >= 11 is 6.11. The van der Waals surface area contributed by atoms with Gasteiger partial charge < -0.3 is 14.4 Å². The van der Waals surface area contributed by atoms with Crippen LogP contribution in [0.15, 0.2) is 48.5 Å². The average Bonchev–Trinajstić information content (AvgIpc) is 2.56. The van der Waals surface area contributed by atoms with E-state index in [1.54, 1.807) is 17.0 Å². The Morgan fingerprint density at radius 3 is 2.54 bits per heavy atom. The average molecular weight is 346 g/mol. The molecule has 126 valence electrons. The van der Waals surface area contributed by atoms with Crippen molar-refractivity contribution >= 4 is 17.5 Å². The van der Waals surface area contributed by atoms with Gasteiger partial charge in [0.15, 0.2) is 0 Å². The highest BCUT2D eigenvalue weighted by atomic mass is 35.5. The molecule has 2 aromatic rings. The number of amides is 1. The van der Waals surface area contributed by atoms with Crippen LogP contribution in [0.3, 0.4) is 0 Å². The molecule has 5 heteroatoms. The third-order valence-electron chi connectivity index (χ3n) is 3.98. The molecular formula is C19H20ClNO3. The van der Waals surface area contributed by atoms with Gasteiger partial charge in [0.1, 0.15) is 5.75 Å². The molecule has 4 nitrogen and oxygen atoms in total. The summed E-state index contributed by atoms with van der Waals surface area (Å²) in [6, 6.07) is 14.9. The topological polar surface area (TPSA) is 38.8 Å². The molecule has 0 saturated carbocycles. The van der Waals surface area contributed by atoms with Crippen LogP contribution in [0.2, 0.25) is 5.02 Å². The summed E-state index contributed by atoms with van der Waals surface area (Å²) < 4.78 is 11.2. The summed E-state index contributed by atoms with van der Waals surface area (Å²) in [7, 11) is 0. The van der Waals surface area contributed by atoms with Crippen LogP contribution in [0.25, 0.3) is 0 Å². The molecule has 1 saturated heterocycles. The van der Waals surface area contributed by atoms with Gasteiger partial charge in [0.05, 0.1) is 19.3 Å². The molecule has 0 N–H and O–H groups in total. The van der Waals surface area contributed by atoms with Crippen LogP contribution < -0.4 is 4.74 Å². The van der Waals surface area contributed by atoms with Gasteiger partial charge >= 0.3 is 0 Å². The zero-order valence-electron chi connectivity index (χ0n) is 13.6. The maximum atomic E-state index is 12.4. The maximum Gasteiger partial charge on any atom is 0.254 e. The molecule has 0 radical (unpaired) electrons. The number of hydrogen-bond donors (Lipinski definition) is 0. The fourth-order valence-electron chi connectivity index (χ4n) is 2.58. The van der Waals surface area contributed by atoms with E-state index in [-0.39, 0.29) is 12.0 Å². The predicted octanol–water partition coefficient (Wildman–Crippen LogP) is 3.78. The fourth-order valence-corrected chi connectivity index (χ4v) is 2.77. The zero-order valence-corrected chi connectivity index (χ0v) is 14.3. The van der Waals surface area contributed by atoms with Crippen molar-refractivity contribution < 1.29 is 14.3 Å². The molecule has 1 heterocycles. The van der Waals surface area contributed by atoms with E-state index in [0.717, 1.165) is 11.3 Å². The van der Waals surface area contributed by atoms with Crippen LogP contribution in [0.1, 0.15) is 22.8 Å². The Morgan fingerprint density at radius 2 is 1.88 bits per heavy atom. The van der Waals surface area contributed by atoms with Crippen molar-refractivity contribution in [3.63, 3.8) is 0 Å². The number of benzene rings is 2. The Hall–Kier alpha value is -2.04. The lowest BCUT2D eigenvalue weighted by molar-refractivity contribution is -0.0502. The quantitative estimate of drug-likeness (QED) is 0.799. The second-order valence-corrected chi connectivity index (χ2v) is 6.10. The number of nitrogens with zero attached hydrogens (tertiary/aromatic N) is 1. The first kappa shape index (κ1) is 16.8. The van der Waals surface area contributed by atoms with Crippen LogP contribution in [0, 0.1) is 0 Å². The molecule has 1 amide bonds. The Morgan fingerprint density at radius 1 is 1.17 bits per heavy atom. The SMILES string of the molecule is CCOc1ccc(C(=O)N2CC(OCc3ccccc3Cl)C2)cc1. The molecule has 0 aromatic heterocycles. The van der Waals surface area contributed by atoms with Gasteiger partial charge in [-0.1, -0.05) is 29.8 Å². The summed E-state index contributed by atoms with van der Waals surface area (Å²) in [6.45, 7) is 4.23. The summed E-state index contributed by atoms with van der Waals surface area (Å²) in [5.41, 5.74) is 1.64. The second kappa shape index (κ2) is 7.69. The zero-order chi connectivity index (χ0) is 16.9. The maximum absolute atomic E-state index is 12.4. The molecule has 0 spiro atoms. The molecule has 0 bridgehead atoms. The van der Waals surface area contributed by atoms with Crippen LogP contribution in [0.5, 0.6) is 5.75 Å². The van der Waals surface area contributed by atoms with E-state index in [2.05, 4.69) is 0 Å². The standard InChI is InChI=1S/C19H20ClNO3/c1-2-23-16-9-7-14(8-10-16)19(22)21-11-17(12-21)24-13-15-5-3-4-6-18(15)20/h3-10,17H,2,11-13H2,1H3. The molecule has 0 aliphatic carbocycles. The summed E-state index contributed by atoms with van der Waals surface area (Å²) in [4.78, 5) is 14.2. The molecule has 2 aromatic carbocycles. The van der Waals surface area contributed by atoms with Gasteiger partial charge in [-0.2, -0.15) is 0 Å². The van der Waals surface area contributed by atoms with Crippen LogP contribution >= 0.6 is 11.6 Å². The third kappa shape index (κ3) is 3.89. The molecule has 1 aliphatic heterocycles. The van der Waals surface area contributed by atoms with Crippen LogP contribution in [-0.2, 0) is 11.3 Å². The van der Waals surface area contributed by atoms with Gasteiger partial charge in [-0.15, -0.1) is 0 Å². The van der Waals surface area contributed by atoms with Gasteiger partial charge in [-0.05, 0) is 42.8 Å². The minimum atomic E-state index is 0.0237. The Labute approximate surface area is 146 Å². The van der Waals surface area contributed by atoms with Crippen molar-refractivity contribution in [3.8, 4) is 5.75 Å². The van der Waals surface area contributed by atoms with E-state index in [1.165, 1.54) is 0 Å². The minimum Gasteiger partial charge on any atom is -0.494 e. The highest BCUT2D eigenvalue weighted by molar-refractivity contribution is 6.31. The first-order chi connectivity index (χ1) is 11.7. The van der Waals surface area contributed by atoms with Gasteiger partial charge in [0.25, 0.3) is 5.91 Å². The Bertz CT molecular complexity index is 696. The first-order valence-electron chi connectivity index (χ1n) is 8.04. The van der Waals surface area contributed by atoms with E-state index >= 15 is 0 Å². The molecular weight excluding hydrogens is 326 g/mol. The number of ether oxygens (including phenoxy) is 2. The summed E-state index contributed by atoms with van der Waals surface area (Å²) in [6.07, 6.45) is 0.0629. The second-order valence-electron chi connectivity index (χ2n) is 5.69. The van der Waals surface area contributed by atoms with Gasteiger partial charge in [-0.25, -0.2) is 0 Å². The predicted molar refractivity (Wildman–Crippen MR) is 93.5 cm³/mol. The molecule has 1 fully saturated rings. The first-order valence-corrected chi connectivity index (χ1v) is 8.42. The monoisotopic (exact) mass is 345 g/mol. The van der Waals surface area contributed by atoms with Gasteiger partial charge in [-0.3, -0.25) is 4.79 Å². The number of carbonyl (C=O) groups is 1. The fraction of sp³-hybridized carbons (Fsp3) is 0.316. The van der Waals surface area contributed by atoms with E-state index in [1.807, 2.05) is 43.3 Å². The number of hydrogen-bond acceptors (Lipinski definition) is 3. The number of carbonyl (C=O) groups excluding carboxylic acids is 1. The number of halogens is 1. The highest BCUT2D eigenvalue weighted by Gasteiger charge is 2.31. The van der Waals surface area contributed by atoms with Crippen molar-refractivity contribution in [1.82, 2.24) is 4.90 Å². The largest absolute Gasteiger partial charge is 0.494 e. The van der Waals surface area contributed by atoms with Gasteiger partial charge in [0.2, 0.25) is 0 Å². The van der Waals surface area contributed by atoms with Crippen molar-refractivity contribution in [2.45, 2.75) is 19.6 Å². The molecule has 0 unspecified atom stereocenters. The number of likely N-dealkylation sites (tertiary alicyclic amines) is 1. The van der Waals surface area contributed by atoms with E-state index in [4.69, 9.17) is 21.1 Å². The van der Waals surface area contributed by atoms with Crippen LogP contribution in [-0.4, -0.2) is 36.6 Å². The third-order valence-corrected chi connectivity index (χ3v) is 4.35. The van der Waals surface area contributed by atoms with E-state index < -0.39 is 0 Å². The molecule has 0 atom stereocenters. The lowest BCUT2D eigenvalue weighted by Crippen LogP contribution is -2.54. The van der Waals surface area contributed by atoms with Crippen molar-refractivity contribution in [1.29, 1.82) is 0 Å². The minimum absolute atomic E-state index is 0.0237. The molecule has 3 rings (SSSR count). The van der Waals surface area contributed by atoms with Gasteiger partial charge in [0, 0.05) is 23.7 Å². The normalized spacial score (nSPS) is 14.3. The lowest BCUT2D eigenvalue weighted by Gasteiger charge is -2.39. The summed E-state index contributed by atoms with van der Waals surface area (Å²) in [5, 5.41) is 0.708.